The standard InChI is InChI=1S/C27H33N3O5S2/c1-17-10-9-11-18(2)23(17)30-21-15-37(33,34)16-22(21)36-25(30)29-24(31)20(14-19-12-7-6-8-13-19)28-26(32)35-27(3,4)5/h6-13,20-22H,14-16H2,1-5H3,(H,28,32)/t20-,21+,22+/m0/s1. The summed E-state index contributed by atoms with van der Waals surface area (Å²) in [6.45, 7) is 9.19. The van der Waals surface area contributed by atoms with Gasteiger partial charge in [-0.25, -0.2) is 13.2 Å². The molecule has 0 bridgehead atoms. The van der Waals surface area contributed by atoms with Gasteiger partial charge in [0, 0.05) is 17.4 Å². The van der Waals surface area contributed by atoms with E-state index >= 15 is 0 Å². The highest BCUT2D eigenvalue weighted by molar-refractivity contribution is 8.16. The molecule has 10 heteroatoms. The first-order valence-corrected chi connectivity index (χ1v) is 14.9. The smallest absolute Gasteiger partial charge is 0.408 e. The first-order valence-electron chi connectivity index (χ1n) is 12.2. The molecule has 4 rings (SSSR count). The van der Waals surface area contributed by atoms with Gasteiger partial charge in [0.2, 0.25) is 0 Å². The van der Waals surface area contributed by atoms with Gasteiger partial charge in [0.05, 0.1) is 17.5 Å². The Morgan fingerprint density at radius 1 is 1.08 bits per heavy atom. The average molecular weight is 544 g/mol. The van der Waals surface area contributed by atoms with Crippen LogP contribution in [0.15, 0.2) is 53.5 Å². The van der Waals surface area contributed by atoms with Crippen molar-refractivity contribution in [3.63, 3.8) is 0 Å². The Labute approximate surface area is 222 Å². The van der Waals surface area contributed by atoms with E-state index in [0.29, 0.717) is 5.17 Å². The van der Waals surface area contributed by atoms with Crippen LogP contribution in [-0.4, -0.2) is 60.0 Å². The lowest BCUT2D eigenvalue weighted by atomic mass is 10.1. The zero-order chi connectivity index (χ0) is 27.0. The molecule has 2 aliphatic rings. The largest absolute Gasteiger partial charge is 0.444 e. The molecule has 0 radical (unpaired) electrons. The molecule has 2 aromatic carbocycles. The zero-order valence-electron chi connectivity index (χ0n) is 21.7. The molecule has 2 aliphatic heterocycles. The molecule has 8 nitrogen and oxygen atoms in total. The van der Waals surface area contributed by atoms with Gasteiger partial charge in [-0.15, -0.1) is 0 Å². The van der Waals surface area contributed by atoms with E-state index in [0.717, 1.165) is 22.4 Å². The van der Waals surface area contributed by atoms with Crippen LogP contribution in [0.25, 0.3) is 0 Å². The maximum absolute atomic E-state index is 13.6. The second kappa shape index (κ2) is 10.5. The molecule has 0 aliphatic carbocycles. The van der Waals surface area contributed by atoms with Crippen molar-refractivity contribution in [2.75, 3.05) is 16.4 Å². The highest BCUT2D eigenvalue weighted by atomic mass is 32.2. The Morgan fingerprint density at radius 3 is 2.35 bits per heavy atom. The number of rotatable bonds is 5. The highest BCUT2D eigenvalue weighted by Gasteiger charge is 2.50. The number of amidine groups is 1. The second-order valence-corrected chi connectivity index (χ2v) is 13.9. The van der Waals surface area contributed by atoms with E-state index in [9.17, 15) is 18.0 Å². The molecule has 0 saturated carbocycles. The Hall–Kier alpha value is -2.85. The van der Waals surface area contributed by atoms with Crippen LogP contribution in [-0.2, 0) is 25.8 Å². The molecule has 1 N–H and O–H groups in total. The first kappa shape index (κ1) is 27.2. The number of carbonyl (C=O) groups is 2. The van der Waals surface area contributed by atoms with E-state index in [1.165, 1.54) is 11.8 Å². The molecule has 0 unspecified atom stereocenters. The number of anilines is 1. The number of sulfone groups is 1. The van der Waals surface area contributed by atoms with E-state index in [1.54, 1.807) is 20.8 Å². The first-order chi connectivity index (χ1) is 17.3. The second-order valence-electron chi connectivity index (χ2n) is 10.5. The summed E-state index contributed by atoms with van der Waals surface area (Å²) in [6.07, 6.45) is -0.457. The van der Waals surface area contributed by atoms with Crippen molar-refractivity contribution in [3.05, 3.63) is 65.2 Å². The Kier molecular flexibility index (Phi) is 7.71. The molecule has 198 valence electrons. The number of aryl methyl sites for hydroxylation is 2. The van der Waals surface area contributed by atoms with Gasteiger partial charge in [0.1, 0.15) is 11.6 Å². The van der Waals surface area contributed by atoms with Crippen LogP contribution in [0.2, 0.25) is 0 Å². The van der Waals surface area contributed by atoms with Crippen LogP contribution in [0.4, 0.5) is 10.5 Å². The van der Waals surface area contributed by atoms with Crippen molar-refractivity contribution in [2.24, 2.45) is 4.99 Å². The van der Waals surface area contributed by atoms with E-state index in [4.69, 9.17) is 4.74 Å². The number of hydrogen-bond donors (Lipinski definition) is 1. The molecule has 0 spiro atoms. The number of ether oxygens (including phenoxy) is 1. The topological polar surface area (TPSA) is 105 Å². The van der Waals surface area contributed by atoms with Crippen LogP contribution in [0.1, 0.15) is 37.5 Å². The fourth-order valence-electron chi connectivity index (χ4n) is 4.68. The molecular weight excluding hydrogens is 510 g/mol. The lowest BCUT2D eigenvalue weighted by molar-refractivity contribution is -0.119. The summed E-state index contributed by atoms with van der Waals surface area (Å²) in [7, 11) is -3.19. The van der Waals surface area contributed by atoms with Gasteiger partial charge in [-0.05, 0) is 51.3 Å². The number of carbonyl (C=O) groups excluding carboxylic acids is 2. The lowest BCUT2D eigenvalue weighted by Crippen LogP contribution is -2.45. The van der Waals surface area contributed by atoms with Gasteiger partial charge in [0.25, 0.3) is 5.91 Å². The number of hydrogen-bond acceptors (Lipinski definition) is 6. The quantitative estimate of drug-likeness (QED) is 0.607. The van der Waals surface area contributed by atoms with E-state index in [2.05, 4.69) is 10.3 Å². The molecule has 2 heterocycles. The van der Waals surface area contributed by atoms with E-state index < -0.39 is 33.5 Å². The summed E-state index contributed by atoms with van der Waals surface area (Å²) >= 11 is 1.32. The van der Waals surface area contributed by atoms with Gasteiger partial charge < -0.3 is 15.0 Å². The molecule has 0 aromatic heterocycles. The lowest BCUT2D eigenvalue weighted by Gasteiger charge is -2.28. The summed E-state index contributed by atoms with van der Waals surface area (Å²) in [6, 6.07) is 14.0. The molecule has 2 fully saturated rings. The summed E-state index contributed by atoms with van der Waals surface area (Å²) in [5.74, 6) is -0.466. The minimum Gasteiger partial charge on any atom is -0.444 e. The third-order valence-electron chi connectivity index (χ3n) is 6.22. The molecule has 2 amide bonds. The Morgan fingerprint density at radius 2 is 1.73 bits per heavy atom. The third-order valence-corrected chi connectivity index (χ3v) is 9.43. The number of alkyl carbamates (subject to hydrolysis) is 1. The number of thioether (sulfide) groups is 1. The molecule has 2 aromatic rings. The molecule has 37 heavy (non-hydrogen) atoms. The SMILES string of the molecule is Cc1cccc(C)c1N1C(=NC(=O)[C@H](Cc2ccccc2)NC(=O)OC(C)(C)C)S[C@@H]2CS(=O)(=O)C[C@H]21. The van der Waals surface area contributed by atoms with E-state index in [1.807, 2.05) is 67.3 Å². The number of fused-ring (bicyclic) bond motifs is 1. The monoisotopic (exact) mass is 543 g/mol. The summed E-state index contributed by atoms with van der Waals surface area (Å²) < 4.78 is 30.3. The minimum atomic E-state index is -3.19. The average Bonchev–Trinajstić information content (AvgIpc) is 3.24. The van der Waals surface area contributed by atoms with E-state index in [-0.39, 0.29) is 29.2 Å². The number of nitrogens with zero attached hydrogens (tertiary/aromatic N) is 2. The number of nitrogens with one attached hydrogen (secondary N) is 1. The van der Waals surface area contributed by atoms with Crippen LogP contribution in [0.5, 0.6) is 0 Å². The minimum absolute atomic E-state index is 0.00918. The predicted octanol–water partition coefficient (Wildman–Crippen LogP) is 4.04. The Bertz CT molecular complexity index is 1300. The zero-order valence-corrected chi connectivity index (χ0v) is 23.4. The van der Waals surface area contributed by atoms with Crippen LogP contribution >= 0.6 is 11.8 Å². The summed E-state index contributed by atoms with van der Waals surface area (Å²) in [5, 5.41) is 2.93. The van der Waals surface area contributed by atoms with Crippen molar-refractivity contribution < 1.29 is 22.7 Å². The predicted molar refractivity (Wildman–Crippen MR) is 148 cm³/mol. The fourth-order valence-corrected chi connectivity index (χ4v) is 8.59. The number of para-hydroxylation sites is 1. The van der Waals surface area contributed by atoms with Crippen molar-refractivity contribution in [1.82, 2.24) is 5.32 Å². The fraction of sp³-hybridized carbons (Fsp3) is 0.444. The molecular formula is C27H33N3O5S2. The third kappa shape index (κ3) is 6.54. The van der Waals surface area contributed by atoms with Crippen LogP contribution in [0, 0.1) is 13.8 Å². The van der Waals surface area contributed by atoms with Crippen molar-refractivity contribution in [3.8, 4) is 0 Å². The number of aliphatic imine (C=N–C) groups is 1. The Balaban J connectivity index is 1.69. The van der Waals surface area contributed by atoms with Gasteiger partial charge in [-0.3, -0.25) is 4.79 Å². The van der Waals surface area contributed by atoms with Crippen molar-refractivity contribution >= 4 is 44.5 Å². The normalized spacial score (nSPS) is 22.5. The van der Waals surface area contributed by atoms with Crippen LogP contribution in [0.3, 0.4) is 0 Å². The van der Waals surface area contributed by atoms with Gasteiger partial charge in [-0.1, -0.05) is 60.3 Å². The number of amides is 2. The summed E-state index contributed by atoms with van der Waals surface area (Å²) in [4.78, 5) is 32.6. The van der Waals surface area contributed by atoms with Gasteiger partial charge >= 0.3 is 6.09 Å². The maximum atomic E-state index is 13.6. The number of benzene rings is 2. The summed E-state index contributed by atoms with van der Waals surface area (Å²) in [5.41, 5.74) is 2.95. The molecule has 2 saturated heterocycles. The van der Waals surface area contributed by atoms with Crippen LogP contribution < -0.4 is 10.2 Å². The van der Waals surface area contributed by atoms with Crippen molar-refractivity contribution in [2.45, 2.75) is 64.0 Å². The molecule has 3 atom stereocenters. The van der Waals surface area contributed by atoms with Crippen molar-refractivity contribution in [1.29, 1.82) is 0 Å². The van der Waals surface area contributed by atoms with Gasteiger partial charge in [-0.2, -0.15) is 4.99 Å². The highest BCUT2D eigenvalue weighted by Crippen LogP contribution is 2.43. The maximum Gasteiger partial charge on any atom is 0.408 e. The van der Waals surface area contributed by atoms with Gasteiger partial charge in [0.15, 0.2) is 15.0 Å².